The maximum absolute atomic E-state index is 12.3. The summed E-state index contributed by atoms with van der Waals surface area (Å²) in [5.74, 6) is -0.503. The van der Waals surface area contributed by atoms with E-state index in [4.69, 9.17) is 9.47 Å². The fourth-order valence-electron chi connectivity index (χ4n) is 4.37. The Hall–Kier alpha value is -2.52. The second kappa shape index (κ2) is 15.4. The van der Waals surface area contributed by atoms with Crippen molar-refractivity contribution in [3.05, 3.63) is 0 Å². The molecule has 34 heavy (non-hydrogen) atoms. The zero-order valence-electron chi connectivity index (χ0n) is 20.8. The van der Waals surface area contributed by atoms with Gasteiger partial charge in [0, 0.05) is 39.3 Å². The molecule has 0 saturated carbocycles. The maximum atomic E-state index is 12.3. The molecule has 2 saturated heterocycles. The van der Waals surface area contributed by atoms with Crippen LogP contribution in [0.2, 0.25) is 0 Å². The number of amides is 4. The molecule has 10 heteroatoms. The average molecular weight is 483 g/mol. The topological polar surface area (TPSA) is 117 Å². The summed E-state index contributed by atoms with van der Waals surface area (Å²) in [5.41, 5.74) is 0. The van der Waals surface area contributed by atoms with Crippen LogP contribution in [0.4, 0.5) is 9.59 Å². The summed E-state index contributed by atoms with van der Waals surface area (Å²) in [6, 6.07) is -0.136. The van der Waals surface area contributed by atoms with E-state index in [-0.39, 0.29) is 35.8 Å². The average Bonchev–Trinajstić information content (AvgIpc) is 2.85. The van der Waals surface area contributed by atoms with E-state index < -0.39 is 0 Å². The Morgan fingerprint density at radius 2 is 1.00 bits per heavy atom. The lowest BCUT2D eigenvalue weighted by atomic mass is 9.97. The van der Waals surface area contributed by atoms with Crippen molar-refractivity contribution in [2.45, 2.75) is 65.2 Å². The molecule has 0 aromatic rings. The number of carbonyl (C=O) groups is 4. The number of ether oxygens (including phenoxy) is 2. The van der Waals surface area contributed by atoms with Gasteiger partial charge in [-0.15, -0.1) is 0 Å². The molecule has 2 heterocycles. The maximum Gasteiger partial charge on any atom is 0.317 e. The molecule has 2 aliphatic heterocycles. The van der Waals surface area contributed by atoms with E-state index in [1.165, 1.54) is 0 Å². The van der Waals surface area contributed by atoms with Crippen molar-refractivity contribution in [3.8, 4) is 0 Å². The van der Waals surface area contributed by atoms with Crippen LogP contribution in [0.5, 0.6) is 0 Å². The molecule has 0 radical (unpaired) electrons. The van der Waals surface area contributed by atoms with Crippen LogP contribution < -0.4 is 10.6 Å². The molecular formula is C24H42N4O6. The SMILES string of the molecule is CCOC(=O)C1CCN(C(=O)NCCCCCCNC(=O)N2CCC(C(=O)OCC)CC2)CC1. The monoisotopic (exact) mass is 482 g/mol. The molecule has 0 aromatic heterocycles. The van der Waals surface area contributed by atoms with Crippen LogP contribution >= 0.6 is 0 Å². The fraction of sp³-hybridized carbons (Fsp3) is 0.833. The van der Waals surface area contributed by atoms with Crippen molar-refractivity contribution in [2.24, 2.45) is 11.8 Å². The molecule has 0 unspecified atom stereocenters. The van der Waals surface area contributed by atoms with Gasteiger partial charge >= 0.3 is 24.0 Å². The van der Waals surface area contributed by atoms with Crippen LogP contribution in [0, 0.1) is 11.8 Å². The number of esters is 2. The predicted molar refractivity (Wildman–Crippen MR) is 127 cm³/mol. The summed E-state index contributed by atoms with van der Waals surface area (Å²) in [6.45, 7) is 7.95. The number of nitrogens with zero attached hydrogens (tertiary/aromatic N) is 2. The number of likely N-dealkylation sites (tertiary alicyclic amines) is 2. The normalized spacial score (nSPS) is 17.2. The molecule has 4 amide bonds. The lowest BCUT2D eigenvalue weighted by Crippen LogP contribution is -2.46. The minimum absolute atomic E-state index is 0.0682. The van der Waals surface area contributed by atoms with E-state index in [0.717, 1.165) is 25.7 Å². The predicted octanol–water partition coefficient (Wildman–Crippen LogP) is 2.52. The Balaban J connectivity index is 1.45. The third kappa shape index (κ3) is 9.38. The van der Waals surface area contributed by atoms with Crippen LogP contribution in [0.3, 0.4) is 0 Å². The third-order valence-electron chi connectivity index (χ3n) is 6.46. The van der Waals surface area contributed by atoms with Crippen LogP contribution in [-0.2, 0) is 19.1 Å². The van der Waals surface area contributed by atoms with Gasteiger partial charge in [0.1, 0.15) is 0 Å². The molecule has 0 aromatic carbocycles. The molecule has 0 spiro atoms. The van der Waals surface area contributed by atoms with E-state index in [0.29, 0.717) is 78.2 Å². The second-order valence-corrected chi connectivity index (χ2v) is 8.90. The Morgan fingerprint density at radius 1 is 0.647 bits per heavy atom. The van der Waals surface area contributed by atoms with Crippen LogP contribution in [0.15, 0.2) is 0 Å². The summed E-state index contributed by atoms with van der Waals surface area (Å²) in [4.78, 5) is 51.6. The van der Waals surface area contributed by atoms with Crippen LogP contribution in [0.1, 0.15) is 65.2 Å². The number of hydrogen-bond donors (Lipinski definition) is 2. The summed E-state index contributed by atoms with van der Waals surface area (Å²) >= 11 is 0. The molecule has 2 aliphatic rings. The molecule has 0 bridgehead atoms. The zero-order valence-corrected chi connectivity index (χ0v) is 20.8. The highest BCUT2D eigenvalue weighted by molar-refractivity contribution is 5.76. The van der Waals surface area contributed by atoms with Gasteiger partial charge in [-0.1, -0.05) is 12.8 Å². The highest BCUT2D eigenvalue weighted by atomic mass is 16.5. The Morgan fingerprint density at radius 3 is 1.32 bits per heavy atom. The first kappa shape index (κ1) is 27.7. The summed E-state index contributed by atoms with van der Waals surface area (Å²) in [6.07, 6.45) is 6.35. The molecule has 0 atom stereocenters. The van der Waals surface area contributed by atoms with Crippen molar-refractivity contribution < 1.29 is 28.7 Å². The second-order valence-electron chi connectivity index (χ2n) is 8.90. The number of carbonyl (C=O) groups excluding carboxylic acids is 4. The van der Waals surface area contributed by atoms with Gasteiger partial charge in [-0.25, -0.2) is 9.59 Å². The Labute approximate surface area is 203 Å². The first-order valence-corrected chi connectivity index (χ1v) is 12.8. The number of piperidine rings is 2. The minimum Gasteiger partial charge on any atom is -0.466 e. The lowest BCUT2D eigenvalue weighted by Gasteiger charge is -2.31. The molecule has 0 aliphatic carbocycles. The molecule has 2 fully saturated rings. The third-order valence-corrected chi connectivity index (χ3v) is 6.46. The smallest absolute Gasteiger partial charge is 0.317 e. The van der Waals surface area contributed by atoms with Crippen molar-refractivity contribution >= 4 is 24.0 Å². The van der Waals surface area contributed by atoms with E-state index in [9.17, 15) is 19.2 Å². The first-order valence-electron chi connectivity index (χ1n) is 12.8. The van der Waals surface area contributed by atoms with Crippen LogP contribution in [-0.4, -0.2) is 86.3 Å². The van der Waals surface area contributed by atoms with E-state index in [2.05, 4.69) is 10.6 Å². The van der Waals surface area contributed by atoms with E-state index in [1.807, 2.05) is 0 Å². The van der Waals surface area contributed by atoms with Crippen molar-refractivity contribution in [1.82, 2.24) is 20.4 Å². The highest BCUT2D eigenvalue weighted by Crippen LogP contribution is 2.19. The standard InChI is InChI=1S/C24H42N4O6/c1-3-33-21(29)19-9-15-27(16-10-19)23(31)25-13-7-5-6-8-14-26-24(32)28-17-11-20(12-18-28)22(30)34-4-2/h19-20H,3-18H2,1-2H3,(H,25,31)(H,26,32). The van der Waals surface area contributed by atoms with Gasteiger partial charge in [0.2, 0.25) is 0 Å². The molecule has 194 valence electrons. The zero-order chi connectivity index (χ0) is 24.8. The number of unbranched alkanes of at least 4 members (excludes halogenated alkanes) is 3. The van der Waals surface area contributed by atoms with Gasteiger partial charge in [0.05, 0.1) is 25.0 Å². The lowest BCUT2D eigenvalue weighted by molar-refractivity contribution is -0.150. The quantitative estimate of drug-likeness (QED) is 0.345. The summed E-state index contributed by atoms with van der Waals surface area (Å²) in [5, 5.41) is 5.91. The first-order chi connectivity index (χ1) is 16.5. The molecule has 10 nitrogen and oxygen atoms in total. The van der Waals surface area contributed by atoms with Crippen molar-refractivity contribution in [2.75, 3.05) is 52.5 Å². The summed E-state index contributed by atoms with van der Waals surface area (Å²) < 4.78 is 10.1. The molecule has 2 rings (SSSR count). The molecule has 2 N–H and O–H groups in total. The number of nitrogens with one attached hydrogen (secondary N) is 2. The van der Waals surface area contributed by atoms with Gasteiger partial charge in [-0.05, 0) is 52.4 Å². The molecular weight excluding hydrogens is 440 g/mol. The van der Waals surface area contributed by atoms with Gasteiger partial charge < -0.3 is 29.9 Å². The van der Waals surface area contributed by atoms with Crippen LogP contribution in [0.25, 0.3) is 0 Å². The largest absolute Gasteiger partial charge is 0.466 e. The van der Waals surface area contributed by atoms with Crippen molar-refractivity contribution in [3.63, 3.8) is 0 Å². The number of hydrogen-bond acceptors (Lipinski definition) is 6. The number of urea groups is 2. The Kier molecular flexibility index (Phi) is 12.6. The minimum atomic E-state index is -0.155. The fourth-order valence-corrected chi connectivity index (χ4v) is 4.37. The highest BCUT2D eigenvalue weighted by Gasteiger charge is 2.29. The van der Waals surface area contributed by atoms with Gasteiger partial charge in [0.25, 0.3) is 0 Å². The van der Waals surface area contributed by atoms with E-state index in [1.54, 1.807) is 23.6 Å². The van der Waals surface area contributed by atoms with Gasteiger partial charge in [-0.3, -0.25) is 9.59 Å². The van der Waals surface area contributed by atoms with Crippen molar-refractivity contribution in [1.29, 1.82) is 0 Å². The van der Waals surface area contributed by atoms with Gasteiger partial charge in [0.15, 0.2) is 0 Å². The Bertz CT molecular complexity index is 602. The van der Waals surface area contributed by atoms with Gasteiger partial charge in [-0.2, -0.15) is 0 Å². The summed E-state index contributed by atoms with van der Waals surface area (Å²) in [7, 11) is 0. The van der Waals surface area contributed by atoms with E-state index >= 15 is 0 Å². The number of rotatable bonds is 11.